The third-order valence-corrected chi connectivity index (χ3v) is 12.7. The molecule has 49 heavy (non-hydrogen) atoms. The van der Waals surface area contributed by atoms with Crippen LogP contribution in [-0.2, 0) is 19.1 Å². The summed E-state index contributed by atoms with van der Waals surface area (Å²) in [4.78, 5) is 35.2. The quantitative estimate of drug-likeness (QED) is 0.395. The lowest BCUT2D eigenvalue weighted by atomic mass is 9.55. The average Bonchev–Trinajstić information content (AvgIpc) is 3.56. The highest BCUT2D eigenvalue weighted by Gasteiger charge is 2.67. The van der Waals surface area contributed by atoms with Gasteiger partial charge in [-0.1, -0.05) is 44.0 Å². The lowest BCUT2D eigenvalue weighted by Crippen LogP contribution is -2.83. The fraction of sp³-hybridized carbons (Fsp3) is 0.711. The second-order valence-electron chi connectivity index (χ2n) is 15.2. The summed E-state index contributed by atoms with van der Waals surface area (Å²) in [6, 6.07) is 10.4. The van der Waals surface area contributed by atoms with Gasteiger partial charge in [-0.3, -0.25) is 25.1 Å². The maximum absolute atomic E-state index is 15.8. The predicted molar refractivity (Wildman–Crippen MR) is 184 cm³/mol. The van der Waals surface area contributed by atoms with E-state index in [1.165, 1.54) is 12.5 Å². The Kier molecular flexibility index (Phi) is 10.2. The molecular weight excluding hydrogens is 620 g/mol. The van der Waals surface area contributed by atoms with Crippen molar-refractivity contribution in [3.63, 3.8) is 0 Å². The molecule has 0 radical (unpaired) electrons. The highest BCUT2D eigenvalue weighted by Crippen LogP contribution is 2.54. The number of methoxy groups -OCH3 is 1. The zero-order chi connectivity index (χ0) is 34.2. The molecule has 1 amide bonds. The molecule has 2 N–H and O–H groups in total. The van der Waals surface area contributed by atoms with E-state index in [-0.39, 0.29) is 48.3 Å². The Bertz CT molecular complexity index is 1430. The van der Waals surface area contributed by atoms with Crippen LogP contribution >= 0.6 is 0 Å². The summed E-state index contributed by atoms with van der Waals surface area (Å²) >= 11 is 0. The van der Waals surface area contributed by atoms with Crippen LogP contribution in [0.15, 0.2) is 36.9 Å². The smallest absolute Gasteiger partial charge is 0.246 e. The van der Waals surface area contributed by atoms with Gasteiger partial charge in [-0.25, -0.2) is 0 Å². The molecular formula is C38H54N6O5. The van der Waals surface area contributed by atoms with Gasteiger partial charge in [0, 0.05) is 50.7 Å². The lowest BCUT2D eigenvalue weighted by Gasteiger charge is -2.62. The summed E-state index contributed by atoms with van der Waals surface area (Å²) in [6.45, 7) is 7.00. The molecule has 3 saturated heterocycles. The molecule has 5 fully saturated rings. The number of ketones is 1. The van der Waals surface area contributed by atoms with Gasteiger partial charge in [-0.2, -0.15) is 5.26 Å². The van der Waals surface area contributed by atoms with Crippen molar-refractivity contribution in [1.82, 2.24) is 25.3 Å². The summed E-state index contributed by atoms with van der Waals surface area (Å²) in [5.41, 5.74) is -0.915. The predicted octanol–water partition coefficient (Wildman–Crippen LogP) is 3.72. The van der Waals surface area contributed by atoms with E-state index in [4.69, 9.17) is 14.2 Å². The van der Waals surface area contributed by atoms with Crippen molar-refractivity contribution in [1.29, 1.82) is 5.26 Å². The van der Waals surface area contributed by atoms with Gasteiger partial charge < -0.3 is 24.0 Å². The van der Waals surface area contributed by atoms with Gasteiger partial charge >= 0.3 is 0 Å². The number of amides is 1. The highest BCUT2D eigenvalue weighted by molar-refractivity contribution is 5.98. The van der Waals surface area contributed by atoms with Gasteiger partial charge in [0.25, 0.3) is 0 Å². The van der Waals surface area contributed by atoms with E-state index in [0.717, 1.165) is 62.8 Å². The van der Waals surface area contributed by atoms with Crippen LogP contribution in [0, 0.1) is 23.2 Å². The first-order valence-electron chi connectivity index (χ1n) is 18.6. The van der Waals surface area contributed by atoms with E-state index >= 15 is 4.79 Å². The molecule has 4 heterocycles. The minimum Gasteiger partial charge on any atom is -0.479 e. The number of likely N-dealkylation sites (N-methyl/N-ethyl adjacent to an activating group) is 1. The van der Waals surface area contributed by atoms with Crippen molar-refractivity contribution in [2.75, 3.05) is 46.9 Å². The van der Waals surface area contributed by atoms with Gasteiger partial charge in [0.15, 0.2) is 17.7 Å². The third kappa shape index (κ3) is 6.23. The molecule has 2 saturated carbocycles. The third-order valence-electron chi connectivity index (χ3n) is 12.7. The Morgan fingerprint density at radius 3 is 2.67 bits per heavy atom. The molecule has 2 aliphatic carbocycles. The SMILES string of the molecule is C=CC(=O)N1CCN(C2NC(OCC3CCCN3C)NC3(C4CCCCC4)C(=O)[C@]4(CCC23)CC(OC)c2ccccc2O4)CC1CC#N. The topological polar surface area (TPSA) is 119 Å². The Labute approximate surface area is 291 Å². The van der Waals surface area contributed by atoms with Gasteiger partial charge in [0.05, 0.1) is 42.9 Å². The molecule has 1 aromatic rings. The Balaban J connectivity index is 1.27. The van der Waals surface area contributed by atoms with E-state index in [1.54, 1.807) is 12.0 Å². The van der Waals surface area contributed by atoms with Crippen molar-refractivity contribution in [3.05, 3.63) is 42.5 Å². The lowest BCUT2D eigenvalue weighted by molar-refractivity contribution is -0.189. The zero-order valence-electron chi connectivity index (χ0n) is 29.3. The van der Waals surface area contributed by atoms with Crippen LogP contribution in [0.3, 0.4) is 0 Å². The van der Waals surface area contributed by atoms with E-state index in [0.29, 0.717) is 45.1 Å². The minimum absolute atomic E-state index is 0.0612. The van der Waals surface area contributed by atoms with Crippen LogP contribution < -0.4 is 15.4 Å². The number of benzene rings is 1. The summed E-state index contributed by atoms with van der Waals surface area (Å²) in [6.07, 6.45) is 10.00. The van der Waals surface area contributed by atoms with E-state index < -0.39 is 17.5 Å². The van der Waals surface area contributed by atoms with Crippen LogP contribution in [-0.4, -0.2) is 109 Å². The van der Waals surface area contributed by atoms with Crippen LogP contribution in [0.2, 0.25) is 0 Å². The number of para-hydroxylation sites is 1. The van der Waals surface area contributed by atoms with Gasteiger partial charge in [0.2, 0.25) is 5.91 Å². The number of piperazine rings is 1. The fourth-order valence-electron chi connectivity index (χ4n) is 10.2. The van der Waals surface area contributed by atoms with Crippen LogP contribution in [0.25, 0.3) is 0 Å². The molecule has 1 aromatic carbocycles. The molecule has 0 bridgehead atoms. The first kappa shape index (κ1) is 34.6. The number of Topliss-reactive ketones (excluding diaryl/α,β-unsaturated/α-hetero) is 1. The van der Waals surface area contributed by atoms with Crippen molar-refractivity contribution in [3.8, 4) is 11.8 Å². The van der Waals surface area contributed by atoms with Gasteiger partial charge in [-0.15, -0.1) is 0 Å². The van der Waals surface area contributed by atoms with Gasteiger partial charge in [-0.05, 0) is 70.2 Å². The van der Waals surface area contributed by atoms with Crippen molar-refractivity contribution < 1.29 is 23.8 Å². The number of nitrogens with zero attached hydrogens (tertiary/aromatic N) is 4. The number of hydrogen-bond donors (Lipinski definition) is 2. The fourth-order valence-corrected chi connectivity index (χ4v) is 10.2. The first-order chi connectivity index (χ1) is 23.8. The molecule has 266 valence electrons. The molecule has 4 aliphatic heterocycles. The molecule has 6 aliphatic rings. The maximum atomic E-state index is 15.8. The van der Waals surface area contributed by atoms with Crippen molar-refractivity contribution in [2.45, 2.75) is 112 Å². The molecule has 7 rings (SSSR count). The van der Waals surface area contributed by atoms with Crippen molar-refractivity contribution >= 4 is 11.7 Å². The summed E-state index contributed by atoms with van der Waals surface area (Å²) in [5, 5.41) is 17.5. The van der Waals surface area contributed by atoms with Crippen molar-refractivity contribution in [2.24, 2.45) is 11.8 Å². The zero-order valence-corrected chi connectivity index (χ0v) is 29.3. The number of rotatable bonds is 8. The largest absolute Gasteiger partial charge is 0.479 e. The van der Waals surface area contributed by atoms with Gasteiger partial charge in [0.1, 0.15) is 5.75 Å². The summed E-state index contributed by atoms with van der Waals surface area (Å²) in [5.74, 6) is 0.784. The Hall–Kier alpha value is -2.85. The first-order valence-corrected chi connectivity index (χ1v) is 18.6. The van der Waals surface area contributed by atoms with Crippen LogP contribution in [0.1, 0.15) is 82.3 Å². The standard InChI is InChI=1S/C38H54N6O5/c1-4-33(45)44-22-21-43(24-27(44)17-19-39)34-30-16-18-37(23-32(47-3)29-14-8-9-15-31(29)49-37)35(46)38(30,26-11-6-5-7-12-26)41-36(40-34)48-25-28-13-10-20-42(28)2/h4,8-9,14-15,26-28,30,32,34,36,40-41H,1,5-7,10-13,16-18,20-25H2,2-3H3/t27?,28?,30?,32?,34?,36?,37-,38?/m0/s1. The number of nitrogens with one attached hydrogen (secondary N) is 2. The molecule has 0 aromatic heterocycles. The average molecular weight is 675 g/mol. The Morgan fingerprint density at radius 2 is 1.94 bits per heavy atom. The molecule has 1 spiro atoms. The second kappa shape index (κ2) is 14.4. The highest BCUT2D eigenvalue weighted by atomic mass is 16.5. The number of hydrogen-bond acceptors (Lipinski definition) is 10. The number of carbonyl (C=O) groups excluding carboxylic acids is 2. The summed E-state index contributed by atoms with van der Waals surface area (Å²) in [7, 11) is 3.88. The molecule has 7 unspecified atom stereocenters. The number of likely N-dealkylation sites (tertiary alicyclic amines) is 1. The Morgan fingerprint density at radius 1 is 1.12 bits per heavy atom. The van der Waals surface area contributed by atoms with Crippen LogP contribution in [0.5, 0.6) is 5.75 Å². The minimum atomic E-state index is -1.02. The number of nitriles is 1. The molecule has 8 atom stereocenters. The molecule has 11 nitrogen and oxygen atoms in total. The van der Waals surface area contributed by atoms with E-state index in [2.05, 4.69) is 40.1 Å². The number of fused-ring (bicyclic) bond motifs is 2. The molecule has 11 heteroatoms. The van der Waals surface area contributed by atoms with E-state index in [9.17, 15) is 10.1 Å². The normalized spacial score (nSPS) is 37.2. The van der Waals surface area contributed by atoms with Crippen LogP contribution in [0.4, 0.5) is 0 Å². The number of ether oxygens (including phenoxy) is 3. The summed E-state index contributed by atoms with van der Waals surface area (Å²) < 4.78 is 19.7. The second-order valence-corrected chi connectivity index (χ2v) is 15.2. The number of carbonyl (C=O) groups is 2. The monoisotopic (exact) mass is 674 g/mol. The van der Waals surface area contributed by atoms with E-state index in [1.807, 2.05) is 24.3 Å². The maximum Gasteiger partial charge on any atom is 0.246 e.